The Morgan fingerprint density at radius 1 is 1.80 bits per heavy atom. The highest BCUT2D eigenvalue weighted by atomic mass is 16.5. The zero-order valence-corrected chi connectivity index (χ0v) is 9.03. The average molecular weight is 215 g/mol. The minimum absolute atomic E-state index is 0.125. The molecule has 3 N–H and O–H groups in total. The molecule has 2 unspecified atom stereocenters. The summed E-state index contributed by atoms with van der Waals surface area (Å²) in [5, 5.41) is 2.69. The Balaban J connectivity index is 2.69. The van der Waals surface area contributed by atoms with Crippen LogP contribution < -0.4 is 11.1 Å². The lowest BCUT2D eigenvalue weighted by atomic mass is 10.1. The summed E-state index contributed by atoms with van der Waals surface area (Å²) in [6.45, 7) is 2.80. The molecule has 6 heteroatoms. The summed E-state index contributed by atoms with van der Waals surface area (Å²) in [5.74, 6) is -0.358. The van der Waals surface area contributed by atoms with Gasteiger partial charge in [-0.05, 0) is 6.92 Å². The molecular formula is C9H17N3O3. The van der Waals surface area contributed by atoms with Crippen molar-refractivity contribution in [1.29, 1.82) is 0 Å². The van der Waals surface area contributed by atoms with E-state index in [-0.39, 0.29) is 18.4 Å². The zero-order chi connectivity index (χ0) is 11.4. The topological polar surface area (TPSA) is 84.7 Å². The summed E-state index contributed by atoms with van der Waals surface area (Å²) < 4.78 is 4.95. The van der Waals surface area contributed by atoms with Crippen LogP contribution in [0.4, 0.5) is 0 Å². The van der Waals surface area contributed by atoms with Gasteiger partial charge >= 0.3 is 0 Å². The van der Waals surface area contributed by atoms with E-state index in [9.17, 15) is 9.59 Å². The van der Waals surface area contributed by atoms with E-state index < -0.39 is 12.1 Å². The summed E-state index contributed by atoms with van der Waals surface area (Å²) in [4.78, 5) is 24.7. The lowest BCUT2D eigenvalue weighted by Gasteiger charge is -2.34. The molecule has 0 spiro atoms. The van der Waals surface area contributed by atoms with Gasteiger partial charge in [0, 0.05) is 26.7 Å². The number of rotatable bonds is 3. The molecule has 0 aromatic carbocycles. The predicted octanol–water partition coefficient (Wildman–Crippen LogP) is -1.69. The van der Waals surface area contributed by atoms with Crippen LogP contribution in [0.5, 0.6) is 0 Å². The summed E-state index contributed by atoms with van der Waals surface area (Å²) in [7, 11) is 1.43. The van der Waals surface area contributed by atoms with Gasteiger partial charge in [0.1, 0.15) is 12.1 Å². The smallest absolute Gasteiger partial charge is 0.253 e. The molecule has 0 bridgehead atoms. The number of ether oxygens (including phenoxy) is 1. The van der Waals surface area contributed by atoms with Crippen LogP contribution in [0.3, 0.4) is 0 Å². The van der Waals surface area contributed by atoms with E-state index in [2.05, 4.69) is 5.32 Å². The van der Waals surface area contributed by atoms with Crippen LogP contribution in [-0.4, -0.2) is 55.6 Å². The van der Waals surface area contributed by atoms with Gasteiger partial charge in [-0.25, -0.2) is 0 Å². The number of hydrogen-bond donors (Lipinski definition) is 2. The molecule has 0 aliphatic carbocycles. The monoisotopic (exact) mass is 215 g/mol. The van der Waals surface area contributed by atoms with Crippen LogP contribution in [0.1, 0.15) is 6.92 Å². The molecule has 1 heterocycles. The molecule has 2 atom stereocenters. The third-order valence-corrected chi connectivity index (χ3v) is 2.56. The first-order chi connectivity index (χ1) is 7.11. The SMILES string of the molecule is COC(CN)C(=O)N1CCNC(=O)C1C. The molecule has 2 amide bonds. The summed E-state index contributed by atoms with van der Waals surface area (Å²) in [5.41, 5.74) is 5.40. The number of amides is 2. The van der Waals surface area contributed by atoms with Gasteiger partial charge in [0.15, 0.2) is 0 Å². The highest BCUT2D eigenvalue weighted by molar-refractivity contribution is 5.90. The molecule has 1 saturated heterocycles. The molecule has 0 saturated carbocycles. The van der Waals surface area contributed by atoms with Crippen LogP contribution in [0, 0.1) is 0 Å². The first-order valence-corrected chi connectivity index (χ1v) is 4.92. The van der Waals surface area contributed by atoms with Gasteiger partial charge < -0.3 is 20.7 Å². The van der Waals surface area contributed by atoms with E-state index in [1.54, 1.807) is 6.92 Å². The highest BCUT2D eigenvalue weighted by Gasteiger charge is 2.32. The summed E-state index contributed by atoms with van der Waals surface area (Å²) in [6, 6.07) is -0.449. The highest BCUT2D eigenvalue weighted by Crippen LogP contribution is 2.07. The molecule has 1 aliphatic rings. The maximum atomic E-state index is 11.9. The molecule has 0 aromatic rings. The number of carbonyl (C=O) groups is 2. The van der Waals surface area contributed by atoms with Gasteiger partial charge in [-0.15, -0.1) is 0 Å². The molecule has 1 aliphatic heterocycles. The predicted molar refractivity (Wildman–Crippen MR) is 54.0 cm³/mol. The molecular weight excluding hydrogens is 198 g/mol. The van der Waals surface area contributed by atoms with E-state index in [1.165, 1.54) is 12.0 Å². The summed E-state index contributed by atoms with van der Waals surface area (Å²) >= 11 is 0. The van der Waals surface area contributed by atoms with Crippen molar-refractivity contribution in [3.8, 4) is 0 Å². The maximum Gasteiger partial charge on any atom is 0.253 e. The quantitative estimate of drug-likeness (QED) is 0.588. The van der Waals surface area contributed by atoms with E-state index >= 15 is 0 Å². The van der Waals surface area contributed by atoms with E-state index in [1.807, 2.05) is 0 Å². The summed E-state index contributed by atoms with van der Waals surface area (Å²) in [6.07, 6.45) is -0.654. The van der Waals surface area contributed by atoms with E-state index in [0.717, 1.165) is 0 Å². The van der Waals surface area contributed by atoms with Crippen LogP contribution in [0.15, 0.2) is 0 Å². The van der Waals surface area contributed by atoms with Crippen molar-refractivity contribution in [1.82, 2.24) is 10.2 Å². The minimum Gasteiger partial charge on any atom is -0.370 e. The van der Waals surface area contributed by atoms with Crippen LogP contribution >= 0.6 is 0 Å². The normalized spacial score (nSPS) is 23.5. The fraction of sp³-hybridized carbons (Fsp3) is 0.778. The number of carbonyl (C=O) groups excluding carboxylic acids is 2. The molecule has 1 fully saturated rings. The van der Waals surface area contributed by atoms with Crippen LogP contribution in [0.2, 0.25) is 0 Å². The van der Waals surface area contributed by atoms with Crippen molar-refractivity contribution in [2.75, 3.05) is 26.7 Å². The second-order valence-corrected chi connectivity index (χ2v) is 3.46. The van der Waals surface area contributed by atoms with Gasteiger partial charge in [0.25, 0.3) is 5.91 Å². The lowest BCUT2D eigenvalue weighted by molar-refractivity contribution is -0.149. The van der Waals surface area contributed by atoms with Crippen molar-refractivity contribution in [2.45, 2.75) is 19.1 Å². The van der Waals surface area contributed by atoms with Gasteiger partial charge in [-0.3, -0.25) is 9.59 Å². The van der Waals surface area contributed by atoms with Crippen molar-refractivity contribution in [3.63, 3.8) is 0 Å². The Hall–Kier alpha value is -1.14. The maximum absolute atomic E-state index is 11.9. The fourth-order valence-corrected chi connectivity index (χ4v) is 1.57. The third-order valence-electron chi connectivity index (χ3n) is 2.56. The van der Waals surface area contributed by atoms with E-state index in [4.69, 9.17) is 10.5 Å². The third kappa shape index (κ3) is 2.45. The minimum atomic E-state index is -0.654. The number of methoxy groups -OCH3 is 1. The van der Waals surface area contributed by atoms with Gasteiger partial charge in [-0.1, -0.05) is 0 Å². The lowest BCUT2D eigenvalue weighted by Crippen LogP contribution is -2.58. The zero-order valence-electron chi connectivity index (χ0n) is 9.03. The molecule has 86 valence electrons. The van der Waals surface area contributed by atoms with Crippen molar-refractivity contribution in [3.05, 3.63) is 0 Å². The average Bonchev–Trinajstić information content (AvgIpc) is 2.23. The van der Waals surface area contributed by atoms with Gasteiger partial charge in [-0.2, -0.15) is 0 Å². The fourth-order valence-electron chi connectivity index (χ4n) is 1.57. The van der Waals surface area contributed by atoms with Crippen molar-refractivity contribution < 1.29 is 14.3 Å². The van der Waals surface area contributed by atoms with Gasteiger partial charge in [0.05, 0.1) is 0 Å². The first-order valence-electron chi connectivity index (χ1n) is 4.92. The molecule has 15 heavy (non-hydrogen) atoms. The molecule has 0 radical (unpaired) electrons. The van der Waals surface area contributed by atoms with Crippen LogP contribution in [-0.2, 0) is 14.3 Å². The molecule has 0 aromatic heterocycles. The standard InChI is InChI=1S/C9H17N3O3/c1-6-8(13)11-3-4-12(6)9(14)7(5-10)15-2/h6-7H,3-5,10H2,1-2H3,(H,11,13). The number of hydrogen-bond acceptors (Lipinski definition) is 4. The first kappa shape index (κ1) is 11.9. The second-order valence-electron chi connectivity index (χ2n) is 3.46. The Kier molecular flexibility index (Phi) is 4.05. The Morgan fingerprint density at radius 3 is 3.00 bits per heavy atom. The number of nitrogens with two attached hydrogens (primary N) is 1. The van der Waals surface area contributed by atoms with Crippen molar-refractivity contribution in [2.24, 2.45) is 5.73 Å². The van der Waals surface area contributed by atoms with Gasteiger partial charge in [0.2, 0.25) is 5.91 Å². The Bertz CT molecular complexity index is 253. The Labute approximate surface area is 88.7 Å². The molecule has 1 rings (SSSR count). The number of nitrogens with one attached hydrogen (secondary N) is 1. The molecule has 6 nitrogen and oxygen atoms in total. The van der Waals surface area contributed by atoms with E-state index in [0.29, 0.717) is 13.1 Å². The van der Waals surface area contributed by atoms with Crippen molar-refractivity contribution >= 4 is 11.8 Å². The number of nitrogens with zero attached hydrogens (tertiary/aromatic N) is 1. The van der Waals surface area contributed by atoms with Crippen LogP contribution in [0.25, 0.3) is 0 Å². The Morgan fingerprint density at radius 2 is 2.47 bits per heavy atom. The largest absolute Gasteiger partial charge is 0.370 e. The number of piperazine rings is 1. The second kappa shape index (κ2) is 5.09.